The van der Waals surface area contributed by atoms with Gasteiger partial charge in [-0.3, -0.25) is 14.4 Å². The molecule has 0 unspecified atom stereocenters. The van der Waals surface area contributed by atoms with E-state index in [9.17, 15) is 14.4 Å². The summed E-state index contributed by atoms with van der Waals surface area (Å²) in [6.07, 6.45) is 4.39. The Balaban J connectivity index is 1.54. The standard InChI is InChI=1S/C24H27ClN2O5S/c1-12-8-20(33-3)17(24(30)27-12)10-26-23(29)16-9-18(25)22-21(13(16)2)32-19(11-31-22)14-4-6-15(28)7-5-14/h8-9,14,19H,4-7,10-11H2,1-3H3,(H,26,29)(H,27,30)/t19-/m0/s1. The number of carbonyl (C=O) groups excluding carboxylic acids is 2. The minimum atomic E-state index is -0.349. The molecule has 176 valence electrons. The Morgan fingerprint density at radius 1 is 1.21 bits per heavy atom. The second-order valence-corrected chi connectivity index (χ2v) is 9.80. The summed E-state index contributed by atoms with van der Waals surface area (Å²) in [5.41, 5.74) is 2.06. The maximum atomic E-state index is 13.1. The van der Waals surface area contributed by atoms with Gasteiger partial charge in [-0.05, 0) is 45.1 Å². The molecule has 1 aliphatic carbocycles. The van der Waals surface area contributed by atoms with Crippen LogP contribution in [0.25, 0.3) is 0 Å². The van der Waals surface area contributed by atoms with Crippen molar-refractivity contribution in [3.8, 4) is 11.5 Å². The van der Waals surface area contributed by atoms with Crippen LogP contribution in [-0.4, -0.2) is 35.6 Å². The minimum Gasteiger partial charge on any atom is -0.484 e. The Labute approximate surface area is 201 Å². The van der Waals surface area contributed by atoms with Gasteiger partial charge in [0.2, 0.25) is 0 Å². The van der Waals surface area contributed by atoms with Gasteiger partial charge in [-0.1, -0.05) is 11.6 Å². The van der Waals surface area contributed by atoms with Gasteiger partial charge in [0.1, 0.15) is 18.5 Å². The summed E-state index contributed by atoms with van der Waals surface area (Å²) in [7, 11) is 0. The SMILES string of the molecule is CSc1cc(C)[nH]c(=O)c1CNC(=O)c1cc(Cl)c2c(c1C)O[C@H](C1CCC(=O)CC1)CO2. The molecule has 0 saturated heterocycles. The molecule has 0 spiro atoms. The lowest BCUT2D eigenvalue weighted by Crippen LogP contribution is -2.38. The normalized spacial score (nSPS) is 18.3. The second-order valence-electron chi connectivity index (χ2n) is 8.54. The Morgan fingerprint density at radius 2 is 1.94 bits per heavy atom. The first-order valence-electron chi connectivity index (χ1n) is 11.0. The number of ether oxygens (including phenoxy) is 2. The summed E-state index contributed by atoms with van der Waals surface area (Å²) in [4.78, 5) is 40.6. The van der Waals surface area contributed by atoms with Crippen molar-refractivity contribution in [3.63, 3.8) is 0 Å². The van der Waals surface area contributed by atoms with Crippen molar-refractivity contribution in [3.05, 3.63) is 49.9 Å². The van der Waals surface area contributed by atoms with Gasteiger partial charge in [-0.2, -0.15) is 0 Å². The van der Waals surface area contributed by atoms with Crippen molar-refractivity contribution in [2.24, 2.45) is 5.92 Å². The van der Waals surface area contributed by atoms with Crippen LogP contribution in [0.4, 0.5) is 0 Å². The molecule has 7 nitrogen and oxygen atoms in total. The number of aryl methyl sites for hydroxylation is 1. The number of aromatic nitrogens is 1. The molecule has 1 aliphatic heterocycles. The smallest absolute Gasteiger partial charge is 0.254 e. The molecule has 2 N–H and O–H groups in total. The highest BCUT2D eigenvalue weighted by Gasteiger charge is 2.34. The second kappa shape index (κ2) is 9.81. The molecule has 0 bridgehead atoms. The highest BCUT2D eigenvalue weighted by Crippen LogP contribution is 2.44. The fraction of sp³-hybridized carbons (Fsp3) is 0.458. The molecule has 1 aromatic carbocycles. The van der Waals surface area contributed by atoms with Crippen LogP contribution >= 0.6 is 23.4 Å². The Bertz CT molecular complexity index is 1150. The van der Waals surface area contributed by atoms with E-state index in [0.717, 1.165) is 23.4 Å². The van der Waals surface area contributed by atoms with Gasteiger partial charge in [0.25, 0.3) is 11.5 Å². The molecule has 1 fully saturated rings. The van der Waals surface area contributed by atoms with Crippen molar-refractivity contribution >= 4 is 35.1 Å². The van der Waals surface area contributed by atoms with E-state index < -0.39 is 0 Å². The van der Waals surface area contributed by atoms with Crippen LogP contribution in [0, 0.1) is 19.8 Å². The predicted octanol–water partition coefficient (Wildman–Crippen LogP) is 4.20. The summed E-state index contributed by atoms with van der Waals surface area (Å²) >= 11 is 7.89. The predicted molar refractivity (Wildman–Crippen MR) is 128 cm³/mol. The highest BCUT2D eigenvalue weighted by atomic mass is 35.5. The summed E-state index contributed by atoms with van der Waals surface area (Å²) in [6.45, 7) is 4.08. The number of thioether (sulfide) groups is 1. The number of ketones is 1. The van der Waals surface area contributed by atoms with E-state index in [1.807, 2.05) is 19.2 Å². The number of hydrogen-bond acceptors (Lipinski definition) is 6. The van der Waals surface area contributed by atoms with Crippen molar-refractivity contribution in [2.45, 2.75) is 57.1 Å². The first-order chi connectivity index (χ1) is 15.8. The fourth-order valence-corrected chi connectivity index (χ4v) is 5.39. The minimum absolute atomic E-state index is 0.0921. The number of hydrogen-bond donors (Lipinski definition) is 2. The van der Waals surface area contributed by atoms with E-state index in [1.165, 1.54) is 11.8 Å². The summed E-state index contributed by atoms with van der Waals surface area (Å²) in [5.74, 6) is 1.08. The molecule has 4 rings (SSSR count). The zero-order chi connectivity index (χ0) is 23.7. The van der Waals surface area contributed by atoms with Crippen LogP contribution in [-0.2, 0) is 11.3 Å². The summed E-state index contributed by atoms with van der Waals surface area (Å²) < 4.78 is 12.2. The number of Topliss-reactive ketones (excluding diaryl/α,β-unsaturated/α-hetero) is 1. The average Bonchev–Trinajstić information content (AvgIpc) is 2.80. The van der Waals surface area contributed by atoms with Gasteiger partial charge in [0, 0.05) is 52.6 Å². The molecule has 1 amide bonds. The number of H-pyrrole nitrogens is 1. The van der Waals surface area contributed by atoms with Gasteiger partial charge in [-0.15, -0.1) is 11.8 Å². The van der Waals surface area contributed by atoms with Crippen molar-refractivity contribution in [1.29, 1.82) is 0 Å². The molecule has 1 atom stereocenters. The molecule has 1 saturated carbocycles. The molecule has 33 heavy (non-hydrogen) atoms. The lowest BCUT2D eigenvalue weighted by Gasteiger charge is -2.35. The number of fused-ring (bicyclic) bond motifs is 1. The number of aromatic amines is 1. The molecular formula is C24H27ClN2O5S. The molecular weight excluding hydrogens is 464 g/mol. The monoisotopic (exact) mass is 490 g/mol. The average molecular weight is 491 g/mol. The number of benzene rings is 1. The number of nitrogens with one attached hydrogen (secondary N) is 2. The highest BCUT2D eigenvalue weighted by molar-refractivity contribution is 7.98. The number of halogens is 1. The van der Waals surface area contributed by atoms with Crippen LogP contribution < -0.4 is 20.3 Å². The number of pyridine rings is 1. The van der Waals surface area contributed by atoms with Crippen LogP contribution in [0.1, 0.15) is 52.9 Å². The van der Waals surface area contributed by atoms with Crippen molar-refractivity contribution in [2.75, 3.05) is 12.9 Å². The first-order valence-corrected chi connectivity index (χ1v) is 12.6. The van der Waals surface area contributed by atoms with E-state index in [-0.39, 0.29) is 30.0 Å². The van der Waals surface area contributed by atoms with Crippen LogP contribution in [0.5, 0.6) is 11.5 Å². The summed E-state index contributed by atoms with van der Waals surface area (Å²) in [5, 5.41) is 3.14. The third kappa shape index (κ3) is 4.92. The van der Waals surface area contributed by atoms with Gasteiger partial charge < -0.3 is 19.8 Å². The third-order valence-electron chi connectivity index (χ3n) is 6.33. The van der Waals surface area contributed by atoms with Crippen LogP contribution in [0.2, 0.25) is 5.02 Å². The van der Waals surface area contributed by atoms with Crippen LogP contribution in [0.15, 0.2) is 21.8 Å². The third-order valence-corrected chi connectivity index (χ3v) is 7.42. The van der Waals surface area contributed by atoms with Gasteiger partial charge in [0.05, 0.1) is 5.02 Å². The summed E-state index contributed by atoms with van der Waals surface area (Å²) in [6, 6.07) is 3.46. The molecule has 2 aliphatic rings. The Morgan fingerprint density at radius 3 is 2.64 bits per heavy atom. The Hall–Kier alpha value is -2.45. The van der Waals surface area contributed by atoms with Gasteiger partial charge in [0.15, 0.2) is 11.5 Å². The van der Waals surface area contributed by atoms with E-state index in [4.69, 9.17) is 21.1 Å². The van der Waals surface area contributed by atoms with Gasteiger partial charge >= 0.3 is 0 Å². The maximum absolute atomic E-state index is 13.1. The lowest BCUT2D eigenvalue weighted by molar-refractivity contribution is -0.121. The number of rotatable bonds is 5. The molecule has 0 radical (unpaired) electrons. The molecule has 9 heteroatoms. The lowest BCUT2D eigenvalue weighted by atomic mass is 9.84. The van der Waals surface area contributed by atoms with E-state index in [1.54, 1.807) is 13.0 Å². The molecule has 2 heterocycles. The van der Waals surface area contributed by atoms with E-state index in [0.29, 0.717) is 58.4 Å². The van der Waals surface area contributed by atoms with E-state index in [2.05, 4.69) is 10.3 Å². The van der Waals surface area contributed by atoms with E-state index >= 15 is 0 Å². The molecule has 1 aromatic heterocycles. The quantitative estimate of drug-likeness (QED) is 0.610. The zero-order valence-corrected chi connectivity index (χ0v) is 20.5. The van der Waals surface area contributed by atoms with Crippen molar-refractivity contribution < 1.29 is 19.1 Å². The largest absolute Gasteiger partial charge is 0.484 e. The van der Waals surface area contributed by atoms with Crippen LogP contribution in [0.3, 0.4) is 0 Å². The Kier molecular flexibility index (Phi) is 7.05. The number of carbonyl (C=O) groups is 2. The first kappa shape index (κ1) is 23.7. The topological polar surface area (TPSA) is 97.5 Å². The van der Waals surface area contributed by atoms with Gasteiger partial charge in [-0.25, -0.2) is 0 Å². The fourth-order valence-electron chi connectivity index (χ4n) is 4.43. The zero-order valence-electron chi connectivity index (χ0n) is 18.9. The molecule has 2 aromatic rings. The maximum Gasteiger partial charge on any atom is 0.254 e. The number of amides is 1. The van der Waals surface area contributed by atoms with Crippen molar-refractivity contribution in [1.82, 2.24) is 10.3 Å².